The second kappa shape index (κ2) is 13.4. The fourth-order valence-electron chi connectivity index (χ4n) is 5.48. The summed E-state index contributed by atoms with van der Waals surface area (Å²) in [5.41, 5.74) is 9.60. The van der Waals surface area contributed by atoms with Crippen LogP contribution in [0.15, 0.2) is 146 Å². The van der Waals surface area contributed by atoms with E-state index in [1.807, 2.05) is 74.5 Å². The van der Waals surface area contributed by atoms with Gasteiger partial charge in [0.1, 0.15) is 11.6 Å². The maximum Gasteiger partial charge on any atom is 0.422 e. The highest BCUT2D eigenvalue weighted by molar-refractivity contribution is 5.81. The number of aryl methyl sites for hydroxylation is 2. The van der Waals surface area contributed by atoms with Gasteiger partial charge in [0.25, 0.3) is 0 Å². The van der Waals surface area contributed by atoms with Crippen LogP contribution in [0.2, 0.25) is 0 Å². The normalized spacial score (nSPS) is 11.3. The van der Waals surface area contributed by atoms with Gasteiger partial charge in [0.05, 0.1) is 0 Å². The second-order valence-electron chi connectivity index (χ2n) is 11.3. The molecule has 6 rings (SSSR count). The highest BCUT2D eigenvalue weighted by Crippen LogP contribution is 2.39. The number of anilines is 6. The van der Waals surface area contributed by atoms with E-state index in [0.29, 0.717) is 0 Å². The first-order valence-corrected chi connectivity index (χ1v) is 15.1. The van der Waals surface area contributed by atoms with E-state index in [0.717, 1.165) is 56.4 Å². The van der Waals surface area contributed by atoms with Crippen LogP contribution in [-0.4, -0.2) is 12.8 Å². The Labute approximate surface area is 271 Å². The molecule has 3 nitrogen and oxygen atoms in total. The van der Waals surface area contributed by atoms with E-state index < -0.39 is 12.8 Å². The van der Waals surface area contributed by atoms with Crippen molar-refractivity contribution >= 4 is 34.1 Å². The molecule has 0 unspecified atom stereocenters. The highest BCUT2D eigenvalue weighted by Gasteiger charge is 2.28. The zero-order valence-corrected chi connectivity index (χ0v) is 25.9. The molecule has 0 saturated carbocycles. The molecule has 236 valence electrons. The molecule has 0 N–H and O–H groups in total. The molecule has 0 aliphatic rings. The zero-order chi connectivity index (χ0) is 33.0. The summed E-state index contributed by atoms with van der Waals surface area (Å²) in [6.45, 7) is 2.71. The number of hydrogen-bond donors (Lipinski definition) is 0. The van der Waals surface area contributed by atoms with E-state index in [2.05, 4.69) is 46.2 Å². The molecule has 0 heterocycles. The summed E-state index contributed by atoms with van der Waals surface area (Å²) in [4.78, 5) is 4.15. The first-order valence-electron chi connectivity index (χ1n) is 15.1. The fourth-order valence-corrected chi connectivity index (χ4v) is 5.48. The topological polar surface area (TPSA) is 15.7 Å². The molecule has 7 heteroatoms. The standard InChI is InChI=1S/C40H32F4N2O/c1-28-5-3-7-37(25-28)45(35-19-13-32(41)14-20-35)33-15-9-30(10-16-33)31-11-17-34(18-12-31)46(38-8-4-6-29(2)26-38)36-21-23-39(24-22-36)47-27-40(42,43)44/h3-26H,27H2,1-2H3. The lowest BCUT2D eigenvalue weighted by Crippen LogP contribution is -2.19. The van der Waals surface area contributed by atoms with Gasteiger partial charge in [-0.05, 0) is 133 Å². The largest absolute Gasteiger partial charge is 0.484 e. The van der Waals surface area contributed by atoms with Crippen molar-refractivity contribution in [1.29, 1.82) is 0 Å². The summed E-state index contributed by atoms with van der Waals surface area (Å²) < 4.78 is 56.7. The smallest absolute Gasteiger partial charge is 0.422 e. The summed E-state index contributed by atoms with van der Waals surface area (Å²) in [6.07, 6.45) is -4.41. The van der Waals surface area contributed by atoms with E-state index in [9.17, 15) is 17.6 Å². The molecule has 0 saturated heterocycles. The molecular formula is C40H32F4N2O. The van der Waals surface area contributed by atoms with Crippen LogP contribution in [0.3, 0.4) is 0 Å². The maximum atomic E-state index is 13.8. The van der Waals surface area contributed by atoms with Crippen LogP contribution in [0.25, 0.3) is 11.1 Å². The van der Waals surface area contributed by atoms with Crippen LogP contribution in [0.1, 0.15) is 11.1 Å². The number of hydrogen-bond acceptors (Lipinski definition) is 3. The van der Waals surface area contributed by atoms with Crippen molar-refractivity contribution in [3.8, 4) is 16.9 Å². The van der Waals surface area contributed by atoms with Crippen LogP contribution >= 0.6 is 0 Å². The van der Waals surface area contributed by atoms with Crippen LogP contribution < -0.4 is 14.5 Å². The third-order valence-corrected chi connectivity index (χ3v) is 7.69. The fraction of sp³-hybridized carbons (Fsp3) is 0.100. The summed E-state index contributed by atoms with van der Waals surface area (Å²) in [7, 11) is 0. The lowest BCUT2D eigenvalue weighted by molar-refractivity contribution is -0.153. The predicted molar refractivity (Wildman–Crippen MR) is 182 cm³/mol. The number of benzene rings is 6. The molecule has 0 aromatic heterocycles. The number of halogens is 4. The van der Waals surface area contributed by atoms with Crippen LogP contribution in [0.4, 0.5) is 51.7 Å². The van der Waals surface area contributed by atoms with E-state index in [1.54, 1.807) is 36.4 Å². The third-order valence-electron chi connectivity index (χ3n) is 7.69. The van der Waals surface area contributed by atoms with Crippen molar-refractivity contribution in [2.75, 3.05) is 16.4 Å². The zero-order valence-electron chi connectivity index (χ0n) is 25.9. The Kier molecular flexibility index (Phi) is 8.98. The molecule has 47 heavy (non-hydrogen) atoms. The summed E-state index contributed by atoms with van der Waals surface area (Å²) in [6, 6.07) is 45.7. The van der Waals surface area contributed by atoms with Gasteiger partial charge in [-0.1, -0.05) is 48.5 Å². The average molecular weight is 633 g/mol. The quantitative estimate of drug-likeness (QED) is 0.148. The summed E-state index contributed by atoms with van der Waals surface area (Å²) in [5.74, 6) is -0.140. The monoisotopic (exact) mass is 632 g/mol. The van der Waals surface area contributed by atoms with Gasteiger partial charge in [0.2, 0.25) is 0 Å². The number of nitrogens with zero attached hydrogens (tertiary/aromatic N) is 2. The molecule has 0 bridgehead atoms. The molecular weight excluding hydrogens is 600 g/mol. The second-order valence-corrected chi connectivity index (χ2v) is 11.3. The Morgan fingerprint density at radius 1 is 0.489 bits per heavy atom. The molecule has 0 fully saturated rings. The van der Waals surface area contributed by atoms with Gasteiger partial charge in [0.15, 0.2) is 6.61 Å². The van der Waals surface area contributed by atoms with E-state index in [-0.39, 0.29) is 11.6 Å². The highest BCUT2D eigenvalue weighted by atomic mass is 19.4. The number of rotatable bonds is 9. The third kappa shape index (κ3) is 7.64. The van der Waals surface area contributed by atoms with Crippen molar-refractivity contribution in [3.05, 3.63) is 163 Å². The minimum absolute atomic E-state index is 0.148. The Morgan fingerprint density at radius 2 is 0.872 bits per heavy atom. The molecule has 0 radical (unpaired) electrons. The molecule has 0 amide bonds. The van der Waals surface area contributed by atoms with E-state index >= 15 is 0 Å². The average Bonchev–Trinajstić information content (AvgIpc) is 3.06. The molecule has 6 aromatic rings. The van der Waals surface area contributed by atoms with Gasteiger partial charge in [-0.25, -0.2) is 4.39 Å². The van der Waals surface area contributed by atoms with Crippen molar-refractivity contribution in [2.24, 2.45) is 0 Å². The van der Waals surface area contributed by atoms with Crippen LogP contribution in [0.5, 0.6) is 5.75 Å². The molecule has 6 aromatic carbocycles. The van der Waals surface area contributed by atoms with E-state index in [1.165, 1.54) is 12.1 Å². The van der Waals surface area contributed by atoms with E-state index in [4.69, 9.17) is 4.74 Å². The minimum atomic E-state index is -4.41. The molecule has 0 spiro atoms. The van der Waals surface area contributed by atoms with Gasteiger partial charge < -0.3 is 14.5 Å². The van der Waals surface area contributed by atoms with Gasteiger partial charge >= 0.3 is 6.18 Å². The number of ether oxygens (including phenoxy) is 1. The predicted octanol–water partition coefficient (Wildman–Crippen LogP) is 12.0. The van der Waals surface area contributed by atoms with Gasteiger partial charge in [0, 0.05) is 34.1 Å². The maximum absolute atomic E-state index is 13.8. The lowest BCUT2D eigenvalue weighted by atomic mass is 10.0. The van der Waals surface area contributed by atoms with Crippen molar-refractivity contribution in [1.82, 2.24) is 0 Å². The number of alkyl halides is 3. The first-order chi connectivity index (χ1) is 22.6. The van der Waals surface area contributed by atoms with Gasteiger partial charge in [-0.2, -0.15) is 13.2 Å². The molecule has 0 atom stereocenters. The Balaban J connectivity index is 1.29. The van der Waals surface area contributed by atoms with Crippen molar-refractivity contribution in [2.45, 2.75) is 20.0 Å². The molecule has 0 aliphatic heterocycles. The van der Waals surface area contributed by atoms with Crippen molar-refractivity contribution < 1.29 is 22.3 Å². The SMILES string of the molecule is Cc1cccc(N(c2ccc(F)cc2)c2ccc(-c3ccc(N(c4ccc(OCC(F)(F)F)cc4)c4cccc(C)c4)cc3)cc2)c1. The Bertz CT molecular complexity index is 1940. The van der Waals surface area contributed by atoms with Gasteiger partial charge in [-0.15, -0.1) is 0 Å². The summed E-state index contributed by atoms with van der Waals surface area (Å²) in [5, 5.41) is 0. The first kappa shape index (κ1) is 31.4. The molecule has 0 aliphatic carbocycles. The lowest BCUT2D eigenvalue weighted by Gasteiger charge is -2.26. The summed E-state index contributed by atoms with van der Waals surface area (Å²) >= 11 is 0. The van der Waals surface area contributed by atoms with Crippen molar-refractivity contribution in [3.63, 3.8) is 0 Å². The Hall–Kier alpha value is -5.56. The Morgan fingerprint density at radius 3 is 1.26 bits per heavy atom. The van der Waals surface area contributed by atoms with Gasteiger partial charge in [-0.3, -0.25) is 0 Å². The van der Waals surface area contributed by atoms with Crippen LogP contribution in [-0.2, 0) is 0 Å². The van der Waals surface area contributed by atoms with Crippen LogP contribution in [0, 0.1) is 19.7 Å². The minimum Gasteiger partial charge on any atom is -0.484 e.